The van der Waals surface area contributed by atoms with E-state index in [9.17, 15) is 14.7 Å². The first-order valence-electron chi connectivity index (χ1n) is 4.16. The average Bonchev–Trinajstić information content (AvgIpc) is 2.19. The summed E-state index contributed by atoms with van der Waals surface area (Å²) < 4.78 is 0. The minimum atomic E-state index is -1.25. The number of carboxylic acids is 1. The van der Waals surface area contributed by atoms with E-state index >= 15 is 0 Å². The molecule has 1 aromatic rings. The van der Waals surface area contributed by atoms with Gasteiger partial charge in [0.2, 0.25) is 0 Å². The Labute approximate surface area is 90.2 Å². The van der Waals surface area contributed by atoms with Crippen molar-refractivity contribution in [2.75, 3.05) is 0 Å². The maximum atomic E-state index is 10.7. The number of nitrogens with zero attached hydrogens (tertiary/aromatic N) is 1. The minimum absolute atomic E-state index is 0.161. The zero-order valence-electron chi connectivity index (χ0n) is 8.04. The molecule has 0 heterocycles. The molecule has 2 amide bonds. The summed E-state index contributed by atoms with van der Waals surface area (Å²) in [5, 5.41) is 21.6. The van der Waals surface area contributed by atoms with Gasteiger partial charge in [0.15, 0.2) is 0 Å². The number of hydrogen-bond donors (Lipinski definition) is 4. The second-order valence-electron chi connectivity index (χ2n) is 2.78. The Kier molecular flexibility index (Phi) is 3.44. The zero-order valence-corrected chi connectivity index (χ0v) is 8.04. The van der Waals surface area contributed by atoms with Crippen molar-refractivity contribution in [3.05, 3.63) is 29.3 Å². The molecule has 0 aliphatic rings. The van der Waals surface area contributed by atoms with E-state index in [0.717, 1.165) is 6.21 Å². The van der Waals surface area contributed by atoms with Gasteiger partial charge in [0.25, 0.3) is 0 Å². The third kappa shape index (κ3) is 2.71. The number of carbonyl (C=O) groups is 2. The highest BCUT2D eigenvalue weighted by Crippen LogP contribution is 2.20. The molecule has 0 aromatic heterocycles. The second kappa shape index (κ2) is 4.78. The largest absolute Gasteiger partial charge is 0.506 e. The number of hydrogen-bond acceptors (Lipinski definition) is 4. The molecule has 0 bridgehead atoms. The van der Waals surface area contributed by atoms with Gasteiger partial charge in [-0.3, -0.25) is 0 Å². The molecule has 0 spiro atoms. The van der Waals surface area contributed by atoms with E-state index in [4.69, 9.17) is 10.8 Å². The van der Waals surface area contributed by atoms with E-state index < -0.39 is 17.7 Å². The summed E-state index contributed by atoms with van der Waals surface area (Å²) in [5.41, 5.74) is 6.59. The number of primary amides is 1. The van der Waals surface area contributed by atoms with Gasteiger partial charge < -0.3 is 15.9 Å². The van der Waals surface area contributed by atoms with Crippen molar-refractivity contribution in [2.45, 2.75) is 0 Å². The fourth-order valence-corrected chi connectivity index (χ4v) is 1.00. The number of nitrogens with one attached hydrogen (secondary N) is 1. The summed E-state index contributed by atoms with van der Waals surface area (Å²) in [5.74, 6) is -1.68. The number of carboxylic acid groups (broad SMARTS) is 1. The molecule has 84 valence electrons. The third-order valence-corrected chi connectivity index (χ3v) is 1.68. The Morgan fingerprint density at radius 1 is 1.44 bits per heavy atom. The lowest BCUT2D eigenvalue weighted by molar-refractivity contribution is 0.0693. The fourth-order valence-electron chi connectivity index (χ4n) is 1.00. The summed E-state index contributed by atoms with van der Waals surface area (Å²) in [4.78, 5) is 21.0. The number of nitrogens with two attached hydrogens (primary N) is 1. The summed E-state index contributed by atoms with van der Waals surface area (Å²) in [6, 6.07) is 3.27. The maximum absolute atomic E-state index is 10.7. The third-order valence-electron chi connectivity index (χ3n) is 1.68. The highest BCUT2D eigenvalue weighted by molar-refractivity contribution is 5.95. The lowest BCUT2D eigenvalue weighted by Crippen LogP contribution is -2.24. The summed E-state index contributed by atoms with van der Waals surface area (Å²) >= 11 is 0. The van der Waals surface area contributed by atoms with Gasteiger partial charge in [-0.1, -0.05) is 6.07 Å². The van der Waals surface area contributed by atoms with Crippen molar-refractivity contribution in [1.29, 1.82) is 0 Å². The first-order valence-corrected chi connectivity index (χ1v) is 4.16. The topological polar surface area (TPSA) is 125 Å². The summed E-state index contributed by atoms with van der Waals surface area (Å²) in [6.07, 6.45) is 1.09. The normalized spacial score (nSPS) is 10.2. The molecule has 7 heteroatoms. The SMILES string of the molecule is NC(=O)N/N=C/c1cccc(C(=O)O)c1O. The van der Waals surface area contributed by atoms with Crippen LogP contribution < -0.4 is 11.2 Å². The van der Waals surface area contributed by atoms with Gasteiger partial charge in [0.05, 0.1) is 6.21 Å². The van der Waals surface area contributed by atoms with E-state index in [-0.39, 0.29) is 11.1 Å². The lowest BCUT2D eigenvalue weighted by atomic mass is 10.1. The predicted molar refractivity (Wildman–Crippen MR) is 55.4 cm³/mol. The number of aromatic hydroxyl groups is 1. The predicted octanol–water partition coefficient (Wildman–Crippen LogP) is 0.0926. The maximum Gasteiger partial charge on any atom is 0.339 e. The number of phenols is 1. The minimum Gasteiger partial charge on any atom is -0.506 e. The van der Waals surface area contributed by atoms with Gasteiger partial charge in [-0.05, 0) is 12.1 Å². The standard InChI is InChI=1S/C9H9N3O4/c10-9(16)12-11-4-5-2-1-3-6(7(5)13)8(14)15/h1-4,13H,(H,14,15)(H3,10,12,16)/b11-4+. The molecule has 0 saturated carbocycles. The Morgan fingerprint density at radius 2 is 2.12 bits per heavy atom. The van der Waals surface area contributed by atoms with Crippen LogP contribution in [0.1, 0.15) is 15.9 Å². The number of benzene rings is 1. The van der Waals surface area contributed by atoms with Crippen molar-refractivity contribution in [3.8, 4) is 5.75 Å². The van der Waals surface area contributed by atoms with Crippen LogP contribution in [0.25, 0.3) is 0 Å². The van der Waals surface area contributed by atoms with Crippen molar-refractivity contribution in [3.63, 3.8) is 0 Å². The number of aromatic carboxylic acids is 1. The van der Waals surface area contributed by atoms with Crippen LogP contribution in [0.15, 0.2) is 23.3 Å². The molecule has 0 aliphatic heterocycles. The molecular formula is C9H9N3O4. The van der Waals surface area contributed by atoms with Gasteiger partial charge in [0, 0.05) is 5.56 Å². The Bertz CT molecular complexity index is 456. The van der Waals surface area contributed by atoms with Crippen LogP contribution in [0.3, 0.4) is 0 Å². The molecule has 0 saturated heterocycles. The van der Waals surface area contributed by atoms with Gasteiger partial charge in [-0.25, -0.2) is 15.0 Å². The second-order valence-corrected chi connectivity index (χ2v) is 2.78. The van der Waals surface area contributed by atoms with Crippen LogP contribution in [-0.4, -0.2) is 28.4 Å². The van der Waals surface area contributed by atoms with E-state index in [1.54, 1.807) is 0 Å². The Balaban J connectivity index is 2.97. The van der Waals surface area contributed by atoms with E-state index in [1.807, 2.05) is 5.43 Å². The molecule has 0 atom stereocenters. The number of hydrazone groups is 1. The molecule has 0 radical (unpaired) electrons. The molecule has 1 aromatic carbocycles. The molecule has 16 heavy (non-hydrogen) atoms. The number of carbonyl (C=O) groups excluding carboxylic acids is 1. The number of rotatable bonds is 3. The lowest BCUT2D eigenvalue weighted by Gasteiger charge is -2.02. The fraction of sp³-hybridized carbons (Fsp3) is 0. The highest BCUT2D eigenvalue weighted by Gasteiger charge is 2.11. The smallest absolute Gasteiger partial charge is 0.339 e. The van der Waals surface area contributed by atoms with Crippen LogP contribution in [0, 0.1) is 0 Å². The summed E-state index contributed by atoms with van der Waals surface area (Å²) in [6.45, 7) is 0. The molecule has 1 rings (SSSR count). The molecule has 7 nitrogen and oxygen atoms in total. The average molecular weight is 223 g/mol. The van der Waals surface area contributed by atoms with Crippen molar-refractivity contribution < 1.29 is 19.8 Å². The Hall–Kier alpha value is -2.57. The van der Waals surface area contributed by atoms with E-state index in [0.29, 0.717) is 0 Å². The first-order chi connectivity index (χ1) is 7.52. The van der Waals surface area contributed by atoms with Crippen LogP contribution >= 0.6 is 0 Å². The van der Waals surface area contributed by atoms with Gasteiger partial charge in [-0.2, -0.15) is 5.10 Å². The summed E-state index contributed by atoms with van der Waals surface area (Å²) in [7, 11) is 0. The quantitative estimate of drug-likeness (QED) is 0.428. The van der Waals surface area contributed by atoms with Gasteiger partial charge in [0.1, 0.15) is 11.3 Å². The molecule has 5 N–H and O–H groups in total. The van der Waals surface area contributed by atoms with Crippen LogP contribution in [0.4, 0.5) is 4.79 Å². The van der Waals surface area contributed by atoms with Crippen LogP contribution in [0.2, 0.25) is 0 Å². The van der Waals surface area contributed by atoms with Crippen molar-refractivity contribution in [2.24, 2.45) is 10.8 Å². The monoisotopic (exact) mass is 223 g/mol. The highest BCUT2D eigenvalue weighted by atomic mass is 16.4. The van der Waals surface area contributed by atoms with E-state index in [2.05, 4.69) is 5.10 Å². The molecular weight excluding hydrogens is 214 g/mol. The Morgan fingerprint density at radius 3 is 2.69 bits per heavy atom. The van der Waals surface area contributed by atoms with Gasteiger partial charge in [-0.15, -0.1) is 0 Å². The van der Waals surface area contributed by atoms with Crippen molar-refractivity contribution in [1.82, 2.24) is 5.43 Å². The molecule has 0 aliphatic carbocycles. The number of amides is 2. The van der Waals surface area contributed by atoms with E-state index in [1.165, 1.54) is 18.2 Å². The number of para-hydroxylation sites is 1. The van der Waals surface area contributed by atoms with Crippen LogP contribution in [0.5, 0.6) is 5.75 Å². The van der Waals surface area contributed by atoms with Gasteiger partial charge >= 0.3 is 12.0 Å². The first kappa shape index (κ1) is 11.5. The molecule has 0 unspecified atom stereocenters. The zero-order chi connectivity index (χ0) is 12.1. The van der Waals surface area contributed by atoms with Crippen LogP contribution in [-0.2, 0) is 0 Å². The molecule has 0 fully saturated rings. The van der Waals surface area contributed by atoms with Crippen molar-refractivity contribution >= 4 is 18.2 Å². The number of urea groups is 1.